The van der Waals surface area contributed by atoms with Gasteiger partial charge in [-0.15, -0.1) is 0 Å². The summed E-state index contributed by atoms with van der Waals surface area (Å²) in [5.74, 6) is -0.324. The highest BCUT2D eigenvalue weighted by molar-refractivity contribution is 6.01. The zero-order chi connectivity index (χ0) is 26.5. The second-order valence-electron chi connectivity index (χ2n) is 11.0. The lowest BCUT2D eigenvalue weighted by Gasteiger charge is -2.39. The highest BCUT2D eigenvalue weighted by atomic mass is 16.2. The lowest BCUT2D eigenvalue weighted by atomic mass is 9.74. The summed E-state index contributed by atoms with van der Waals surface area (Å²) in [4.78, 5) is 40.8. The molecule has 5 rings (SSSR count). The molecule has 1 N–H and O–H groups in total. The largest absolute Gasteiger partial charge is 0.357 e. The van der Waals surface area contributed by atoms with Crippen LogP contribution in [0.1, 0.15) is 77.6 Å². The van der Waals surface area contributed by atoms with E-state index >= 15 is 0 Å². The fraction of sp³-hybridized carbons (Fsp3) is 0.469. The third-order valence-electron chi connectivity index (χ3n) is 8.82. The van der Waals surface area contributed by atoms with E-state index in [0.29, 0.717) is 18.5 Å². The van der Waals surface area contributed by atoms with Crippen molar-refractivity contribution in [3.63, 3.8) is 0 Å². The van der Waals surface area contributed by atoms with Crippen LogP contribution in [0, 0.1) is 0 Å². The van der Waals surface area contributed by atoms with Crippen molar-refractivity contribution in [1.29, 1.82) is 0 Å². The van der Waals surface area contributed by atoms with Crippen LogP contribution in [0.4, 0.5) is 0 Å². The number of piperidine rings is 1. The van der Waals surface area contributed by atoms with Crippen LogP contribution < -0.4 is 5.32 Å². The first-order chi connectivity index (χ1) is 18.6. The van der Waals surface area contributed by atoms with Crippen LogP contribution in [0.15, 0.2) is 48.5 Å². The van der Waals surface area contributed by atoms with E-state index in [1.165, 1.54) is 36.0 Å². The molecule has 38 heavy (non-hydrogen) atoms. The summed E-state index contributed by atoms with van der Waals surface area (Å²) in [6, 6.07) is 14.2. The number of likely N-dealkylation sites (tertiary alicyclic amines) is 1. The van der Waals surface area contributed by atoms with E-state index in [-0.39, 0.29) is 23.7 Å². The number of allylic oxidation sites excluding steroid dienone is 1. The van der Waals surface area contributed by atoms with Gasteiger partial charge in [0.1, 0.15) is 12.3 Å². The van der Waals surface area contributed by atoms with Gasteiger partial charge in [-0.1, -0.05) is 55.0 Å². The Labute approximate surface area is 226 Å². The molecule has 6 heteroatoms. The molecule has 0 radical (unpaired) electrons. The molecule has 200 valence electrons. The Kier molecular flexibility index (Phi) is 8.08. The fourth-order valence-corrected chi connectivity index (χ4v) is 6.60. The number of aldehydes is 1. The first-order valence-electron chi connectivity index (χ1n) is 14.1. The number of fused-ring (bicyclic) bond motifs is 3. The zero-order valence-electron chi connectivity index (χ0n) is 22.5. The number of rotatable bonds is 11. The van der Waals surface area contributed by atoms with Crippen LogP contribution in [-0.2, 0) is 28.0 Å². The highest BCUT2D eigenvalue weighted by Crippen LogP contribution is 2.43. The Morgan fingerprint density at radius 3 is 2.68 bits per heavy atom. The maximum atomic E-state index is 13.1. The van der Waals surface area contributed by atoms with Crippen molar-refractivity contribution in [2.45, 2.75) is 69.4 Å². The van der Waals surface area contributed by atoms with E-state index in [0.717, 1.165) is 50.7 Å². The quantitative estimate of drug-likeness (QED) is 0.355. The summed E-state index contributed by atoms with van der Waals surface area (Å²) < 4.78 is 0. The number of amides is 2. The minimum absolute atomic E-state index is 0.107. The molecule has 0 aromatic heterocycles. The smallest absolute Gasteiger partial charge is 0.255 e. The molecule has 2 aromatic rings. The number of unbranched alkanes of at least 4 members (excludes halogenated alkanes) is 2. The molecule has 6 nitrogen and oxygen atoms in total. The molecule has 2 heterocycles. The average Bonchev–Trinajstić information content (AvgIpc) is 3.48. The summed E-state index contributed by atoms with van der Waals surface area (Å²) in [7, 11) is 1.57. The van der Waals surface area contributed by atoms with Gasteiger partial charge >= 0.3 is 0 Å². The van der Waals surface area contributed by atoms with Crippen LogP contribution in [0.5, 0.6) is 0 Å². The molecular weight excluding hydrogens is 474 g/mol. The van der Waals surface area contributed by atoms with Crippen molar-refractivity contribution in [3.05, 3.63) is 76.4 Å². The number of hydrogen-bond acceptors (Lipinski definition) is 4. The van der Waals surface area contributed by atoms with E-state index in [9.17, 15) is 14.4 Å². The van der Waals surface area contributed by atoms with E-state index in [1.54, 1.807) is 11.9 Å². The first-order valence-corrected chi connectivity index (χ1v) is 14.1. The second-order valence-corrected chi connectivity index (χ2v) is 11.0. The van der Waals surface area contributed by atoms with Crippen molar-refractivity contribution < 1.29 is 14.4 Å². The van der Waals surface area contributed by atoms with Gasteiger partial charge in [0.15, 0.2) is 0 Å². The van der Waals surface area contributed by atoms with E-state index in [4.69, 9.17) is 0 Å². The predicted molar refractivity (Wildman–Crippen MR) is 150 cm³/mol. The number of carbonyl (C=O) groups excluding carboxylic acids is 3. The molecule has 0 bridgehead atoms. The number of likely N-dealkylation sites (N-methyl/N-ethyl adjacent to an activating group) is 1. The van der Waals surface area contributed by atoms with Gasteiger partial charge in [-0.3, -0.25) is 9.59 Å². The molecule has 0 saturated carbocycles. The van der Waals surface area contributed by atoms with Gasteiger partial charge in [0, 0.05) is 31.0 Å². The average molecular weight is 514 g/mol. The third-order valence-corrected chi connectivity index (χ3v) is 8.82. The Morgan fingerprint density at radius 1 is 1.08 bits per heavy atom. The number of nitrogens with one attached hydrogen (secondary N) is 1. The lowest BCUT2D eigenvalue weighted by Crippen LogP contribution is -2.46. The molecule has 1 unspecified atom stereocenters. The van der Waals surface area contributed by atoms with Crippen molar-refractivity contribution >= 4 is 24.2 Å². The molecular formula is C32H39N3O3. The first kappa shape index (κ1) is 26.4. The molecule has 1 saturated heterocycles. The number of aryl methyl sites for hydroxylation is 1. The number of benzene rings is 2. The van der Waals surface area contributed by atoms with Gasteiger partial charge in [0.2, 0.25) is 5.91 Å². The van der Waals surface area contributed by atoms with Gasteiger partial charge in [-0.2, -0.15) is 0 Å². The molecule has 2 aliphatic heterocycles. The third kappa shape index (κ3) is 5.19. The zero-order valence-corrected chi connectivity index (χ0v) is 22.5. The summed E-state index contributed by atoms with van der Waals surface area (Å²) in [5, 5.41) is 2.65. The van der Waals surface area contributed by atoms with E-state index in [1.807, 2.05) is 12.1 Å². The standard InChI is InChI=1S/C32H39N3O3/c1-33-30(37)29(14-8-22-36)35-23-27-24(11-7-12-26(27)31(35)38)9-3-2-6-19-34-20-17-32(18-21-34)16-15-25-10-4-5-13-28(25)32/h4-5,7,10-13,15-16,22,29H,2-3,6,8-9,14,17-21,23H2,1H3,(H,33,37). The minimum Gasteiger partial charge on any atom is -0.357 e. The minimum atomic E-state index is -0.616. The van der Waals surface area contributed by atoms with Crippen LogP contribution in [0.2, 0.25) is 0 Å². The second kappa shape index (κ2) is 11.6. The number of nitrogens with zero attached hydrogens (tertiary/aromatic N) is 2. The van der Waals surface area contributed by atoms with E-state index < -0.39 is 6.04 Å². The van der Waals surface area contributed by atoms with Crippen LogP contribution in [0.3, 0.4) is 0 Å². The summed E-state index contributed by atoms with van der Waals surface area (Å²) in [6.45, 7) is 3.89. The molecule has 2 aromatic carbocycles. The maximum Gasteiger partial charge on any atom is 0.255 e. The Morgan fingerprint density at radius 2 is 1.89 bits per heavy atom. The van der Waals surface area contributed by atoms with E-state index in [2.05, 4.69) is 52.7 Å². The summed E-state index contributed by atoms with van der Waals surface area (Å²) in [6.07, 6.45) is 12.9. The Hall–Kier alpha value is -3.25. The van der Waals surface area contributed by atoms with Crippen LogP contribution in [0.25, 0.3) is 6.08 Å². The summed E-state index contributed by atoms with van der Waals surface area (Å²) >= 11 is 0. The van der Waals surface area contributed by atoms with Gasteiger partial charge < -0.3 is 19.9 Å². The topological polar surface area (TPSA) is 69.7 Å². The van der Waals surface area contributed by atoms with Crippen molar-refractivity contribution in [2.75, 3.05) is 26.7 Å². The van der Waals surface area contributed by atoms with Crippen molar-refractivity contribution in [3.8, 4) is 0 Å². The lowest BCUT2D eigenvalue weighted by molar-refractivity contribution is -0.125. The summed E-state index contributed by atoms with van der Waals surface area (Å²) in [5.41, 5.74) is 6.10. The van der Waals surface area contributed by atoms with Crippen LogP contribution >= 0.6 is 0 Å². The van der Waals surface area contributed by atoms with Crippen LogP contribution in [-0.4, -0.2) is 60.6 Å². The SMILES string of the molecule is CNC(=O)C(CCC=O)N1Cc2c(CCCCCN3CCC4(C=Cc5ccccc54)CC3)cccc2C1=O. The predicted octanol–water partition coefficient (Wildman–Crippen LogP) is 4.51. The number of carbonyl (C=O) groups is 3. The van der Waals surface area contributed by atoms with Gasteiger partial charge in [0.25, 0.3) is 5.91 Å². The van der Waals surface area contributed by atoms with Crippen molar-refractivity contribution in [2.24, 2.45) is 0 Å². The Balaban J connectivity index is 1.10. The maximum absolute atomic E-state index is 13.1. The normalized spacial score (nSPS) is 18.4. The van der Waals surface area contributed by atoms with Gasteiger partial charge in [-0.25, -0.2) is 0 Å². The fourth-order valence-electron chi connectivity index (χ4n) is 6.60. The van der Waals surface area contributed by atoms with Gasteiger partial charge in [0.05, 0.1) is 0 Å². The monoisotopic (exact) mass is 513 g/mol. The molecule has 3 aliphatic rings. The Bertz CT molecular complexity index is 1210. The molecule has 1 atom stereocenters. The molecule has 1 aliphatic carbocycles. The molecule has 1 spiro atoms. The molecule has 1 fully saturated rings. The van der Waals surface area contributed by atoms with Crippen molar-refractivity contribution in [1.82, 2.24) is 15.1 Å². The number of hydrogen-bond donors (Lipinski definition) is 1. The highest BCUT2D eigenvalue weighted by Gasteiger charge is 2.38. The molecule has 2 amide bonds. The van der Waals surface area contributed by atoms with Gasteiger partial charge in [-0.05, 0) is 86.5 Å².